The predicted octanol–water partition coefficient (Wildman–Crippen LogP) is 1.49. The summed E-state index contributed by atoms with van der Waals surface area (Å²) in [5.41, 5.74) is 1.01. The van der Waals surface area contributed by atoms with Crippen molar-refractivity contribution >= 4 is 23.4 Å². The minimum atomic E-state index is -0.948. The Hall–Kier alpha value is -1.56. The Morgan fingerprint density at radius 3 is 2.88 bits per heavy atom. The number of carboxylic acid groups (broad SMARTS) is 1. The summed E-state index contributed by atoms with van der Waals surface area (Å²) >= 11 is 1.53. The van der Waals surface area contributed by atoms with Crippen LogP contribution < -0.4 is 5.32 Å². The molecule has 1 unspecified atom stereocenters. The van der Waals surface area contributed by atoms with Crippen molar-refractivity contribution < 1.29 is 19.4 Å². The molecule has 0 spiro atoms. The standard InChI is InChI=1S/C10H13NO4S/c1-15-10(14)11-8(5-9(12)13)4-7-2-3-16-6-7/h2-3,6,8H,4-5H2,1H3,(H,11,14)(H,12,13). The summed E-state index contributed by atoms with van der Waals surface area (Å²) in [5, 5.41) is 15.0. The molecule has 0 aliphatic rings. The van der Waals surface area contributed by atoms with Crippen LogP contribution in [0.5, 0.6) is 0 Å². The summed E-state index contributed by atoms with van der Waals surface area (Å²) in [6.45, 7) is 0. The Bertz CT molecular complexity index is 350. The highest BCUT2D eigenvalue weighted by Crippen LogP contribution is 2.10. The number of hydrogen-bond donors (Lipinski definition) is 2. The zero-order chi connectivity index (χ0) is 12.0. The van der Waals surface area contributed by atoms with Gasteiger partial charge in [0, 0.05) is 6.04 Å². The molecule has 5 nitrogen and oxygen atoms in total. The first-order valence-corrected chi connectivity index (χ1v) is 5.63. The average Bonchev–Trinajstić information content (AvgIpc) is 2.69. The van der Waals surface area contributed by atoms with E-state index in [1.165, 1.54) is 18.4 Å². The number of nitrogens with one attached hydrogen (secondary N) is 1. The number of aliphatic carboxylic acids is 1. The van der Waals surface area contributed by atoms with E-state index >= 15 is 0 Å². The van der Waals surface area contributed by atoms with E-state index in [0.717, 1.165) is 5.56 Å². The van der Waals surface area contributed by atoms with Crippen LogP contribution in [0.1, 0.15) is 12.0 Å². The van der Waals surface area contributed by atoms with E-state index in [2.05, 4.69) is 10.1 Å². The van der Waals surface area contributed by atoms with E-state index in [1.807, 2.05) is 16.8 Å². The van der Waals surface area contributed by atoms with Gasteiger partial charge in [-0.3, -0.25) is 4.79 Å². The Morgan fingerprint density at radius 2 is 2.38 bits per heavy atom. The molecule has 1 aromatic heterocycles. The number of rotatable bonds is 5. The van der Waals surface area contributed by atoms with Crippen molar-refractivity contribution in [1.29, 1.82) is 0 Å². The summed E-state index contributed by atoms with van der Waals surface area (Å²) in [6, 6.07) is 1.46. The van der Waals surface area contributed by atoms with Gasteiger partial charge in [0.1, 0.15) is 0 Å². The molecule has 0 aromatic carbocycles. The van der Waals surface area contributed by atoms with Gasteiger partial charge < -0.3 is 15.2 Å². The van der Waals surface area contributed by atoms with Crippen molar-refractivity contribution in [2.75, 3.05) is 7.11 Å². The molecule has 0 saturated carbocycles. The van der Waals surface area contributed by atoms with Crippen molar-refractivity contribution in [3.05, 3.63) is 22.4 Å². The first kappa shape index (κ1) is 12.5. The number of hydrogen-bond acceptors (Lipinski definition) is 4. The Balaban J connectivity index is 2.56. The largest absolute Gasteiger partial charge is 0.481 e. The lowest BCUT2D eigenvalue weighted by Gasteiger charge is -2.15. The molecule has 1 aromatic rings. The smallest absolute Gasteiger partial charge is 0.407 e. The van der Waals surface area contributed by atoms with E-state index in [-0.39, 0.29) is 6.42 Å². The van der Waals surface area contributed by atoms with Crippen molar-refractivity contribution in [1.82, 2.24) is 5.32 Å². The fourth-order valence-corrected chi connectivity index (χ4v) is 1.99. The van der Waals surface area contributed by atoms with Gasteiger partial charge in [-0.05, 0) is 28.8 Å². The molecule has 1 atom stereocenters. The molecule has 0 bridgehead atoms. The molecule has 0 radical (unpaired) electrons. The summed E-state index contributed by atoms with van der Waals surface area (Å²) in [4.78, 5) is 21.6. The van der Waals surface area contributed by atoms with Crippen LogP contribution >= 0.6 is 11.3 Å². The minimum absolute atomic E-state index is 0.120. The molecule has 6 heteroatoms. The van der Waals surface area contributed by atoms with E-state index in [0.29, 0.717) is 6.42 Å². The highest BCUT2D eigenvalue weighted by atomic mass is 32.1. The van der Waals surface area contributed by atoms with Crippen LogP contribution in [0.25, 0.3) is 0 Å². The summed E-state index contributed by atoms with van der Waals surface area (Å²) in [5.74, 6) is -0.948. The number of thiophene rings is 1. The van der Waals surface area contributed by atoms with Gasteiger partial charge in [0.05, 0.1) is 13.5 Å². The number of carbonyl (C=O) groups is 2. The molecule has 1 amide bonds. The lowest BCUT2D eigenvalue weighted by atomic mass is 10.1. The molecule has 0 aliphatic carbocycles. The van der Waals surface area contributed by atoms with Gasteiger partial charge in [-0.1, -0.05) is 0 Å². The van der Waals surface area contributed by atoms with Crippen LogP contribution in [0.2, 0.25) is 0 Å². The maximum absolute atomic E-state index is 11.0. The predicted molar refractivity (Wildman–Crippen MR) is 59.6 cm³/mol. The monoisotopic (exact) mass is 243 g/mol. The van der Waals surface area contributed by atoms with Crippen LogP contribution in [-0.4, -0.2) is 30.3 Å². The van der Waals surface area contributed by atoms with Gasteiger partial charge >= 0.3 is 12.1 Å². The van der Waals surface area contributed by atoms with E-state index in [4.69, 9.17) is 5.11 Å². The normalized spacial score (nSPS) is 11.8. The Kier molecular flexibility index (Phi) is 4.78. The third-order valence-electron chi connectivity index (χ3n) is 1.99. The van der Waals surface area contributed by atoms with Crippen molar-refractivity contribution in [2.24, 2.45) is 0 Å². The van der Waals surface area contributed by atoms with Gasteiger partial charge in [0.15, 0.2) is 0 Å². The number of ether oxygens (including phenoxy) is 1. The number of alkyl carbamates (subject to hydrolysis) is 1. The van der Waals surface area contributed by atoms with Gasteiger partial charge in [-0.15, -0.1) is 0 Å². The maximum Gasteiger partial charge on any atom is 0.407 e. The highest BCUT2D eigenvalue weighted by molar-refractivity contribution is 7.07. The first-order chi connectivity index (χ1) is 7.61. The summed E-state index contributed by atoms with van der Waals surface area (Å²) < 4.78 is 4.44. The zero-order valence-corrected chi connectivity index (χ0v) is 9.62. The SMILES string of the molecule is COC(=O)NC(CC(=O)O)Cc1ccsc1. The van der Waals surface area contributed by atoms with Crippen LogP contribution in [0.15, 0.2) is 16.8 Å². The Morgan fingerprint density at radius 1 is 1.62 bits per heavy atom. The molecule has 88 valence electrons. The van der Waals surface area contributed by atoms with Gasteiger partial charge in [-0.25, -0.2) is 4.79 Å². The first-order valence-electron chi connectivity index (χ1n) is 4.69. The molecule has 1 heterocycles. The van der Waals surface area contributed by atoms with Crippen molar-refractivity contribution in [3.63, 3.8) is 0 Å². The maximum atomic E-state index is 11.0. The molecule has 1 rings (SSSR count). The molecule has 0 aliphatic heterocycles. The molecule has 0 fully saturated rings. The topological polar surface area (TPSA) is 75.6 Å². The van der Waals surface area contributed by atoms with E-state index < -0.39 is 18.1 Å². The molecule has 16 heavy (non-hydrogen) atoms. The lowest BCUT2D eigenvalue weighted by Crippen LogP contribution is -2.37. The van der Waals surface area contributed by atoms with Crippen molar-refractivity contribution in [3.8, 4) is 0 Å². The van der Waals surface area contributed by atoms with Gasteiger partial charge in [0.2, 0.25) is 0 Å². The van der Waals surface area contributed by atoms with Crippen LogP contribution in [0.3, 0.4) is 0 Å². The van der Waals surface area contributed by atoms with Gasteiger partial charge in [0.25, 0.3) is 0 Å². The average molecular weight is 243 g/mol. The molecule has 0 saturated heterocycles. The third-order valence-corrected chi connectivity index (χ3v) is 2.72. The fourth-order valence-electron chi connectivity index (χ4n) is 1.30. The molecular weight excluding hydrogens is 230 g/mol. The number of methoxy groups -OCH3 is 1. The highest BCUT2D eigenvalue weighted by Gasteiger charge is 2.16. The minimum Gasteiger partial charge on any atom is -0.481 e. The summed E-state index contributed by atoms with van der Waals surface area (Å²) in [6.07, 6.45) is -0.239. The Labute approximate surface area is 97.0 Å². The summed E-state index contributed by atoms with van der Waals surface area (Å²) in [7, 11) is 1.25. The second kappa shape index (κ2) is 6.12. The second-order valence-electron chi connectivity index (χ2n) is 3.27. The second-order valence-corrected chi connectivity index (χ2v) is 4.05. The zero-order valence-electron chi connectivity index (χ0n) is 8.80. The molecule has 2 N–H and O–H groups in total. The number of carboxylic acids is 1. The van der Waals surface area contributed by atoms with E-state index in [1.54, 1.807) is 0 Å². The van der Waals surface area contributed by atoms with Crippen molar-refractivity contribution in [2.45, 2.75) is 18.9 Å². The van der Waals surface area contributed by atoms with Crippen LogP contribution in [-0.2, 0) is 16.0 Å². The molecular formula is C10H13NO4S. The van der Waals surface area contributed by atoms with E-state index in [9.17, 15) is 9.59 Å². The van der Waals surface area contributed by atoms with Crippen LogP contribution in [0.4, 0.5) is 4.79 Å². The number of amides is 1. The fraction of sp³-hybridized carbons (Fsp3) is 0.400. The lowest BCUT2D eigenvalue weighted by molar-refractivity contribution is -0.137. The van der Waals surface area contributed by atoms with Gasteiger partial charge in [-0.2, -0.15) is 11.3 Å². The quantitative estimate of drug-likeness (QED) is 0.821. The number of carbonyl (C=O) groups excluding carboxylic acids is 1. The van der Waals surface area contributed by atoms with Crippen LogP contribution in [0, 0.1) is 0 Å². The third kappa shape index (κ3) is 4.31.